The molecule has 0 aliphatic heterocycles. The van der Waals surface area contributed by atoms with Crippen molar-refractivity contribution >= 4 is 11.8 Å². The first-order valence-electron chi connectivity index (χ1n) is 3.48. The van der Waals surface area contributed by atoms with Crippen LogP contribution in [-0.4, -0.2) is 17.7 Å². The van der Waals surface area contributed by atoms with Crippen LogP contribution < -0.4 is 5.32 Å². The van der Waals surface area contributed by atoms with Crippen LogP contribution in [0.4, 0.5) is 0 Å². The minimum absolute atomic E-state index is 0.300. The Labute approximate surface area is 62.6 Å². The normalized spacial score (nSPS) is 17.3. The number of nitrogens with one attached hydrogen (secondary N) is 1. The van der Waals surface area contributed by atoms with Crippen molar-refractivity contribution in [1.29, 1.82) is 0 Å². The summed E-state index contributed by atoms with van der Waals surface area (Å²) in [5.74, 6) is 0. The molecule has 0 aromatic rings. The fraction of sp³-hybridized carbons (Fsp3) is 1.00. The van der Waals surface area contributed by atoms with E-state index < -0.39 is 0 Å². The van der Waals surface area contributed by atoms with Gasteiger partial charge in [0, 0.05) is 0 Å². The highest BCUT2D eigenvalue weighted by molar-refractivity contribution is 7.99. The predicted molar refractivity (Wildman–Crippen MR) is 45.9 cm³/mol. The number of thioether (sulfide) groups is 1. The molecule has 1 unspecified atom stereocenters. The lowest BCUT2D eigenvalue weighted by Gasteiger charge is -2.26. The van der Waals surface area contributed by atoms with Gasteiger partial charge in [-0.25, -0.2) is 0 Å². The van der Waals surface area contributed by atoms with Crippen LogP contribution in [0.5, 0.6) is 0 Å². The zero-order chi connectivity index (χ0) is 7.33. The van der Waals surface area contributed by atoms with Gasteiger partial charge in [-0.1, -0.05) is 13.8 Å². The minimum atomic E-state index is 0.300. The maximum atomic E-state index is 3.42. The first kappa shape index (κ1) is 9.31. The molecule has 1 atom stereocenters. The highest BCUT2D eigenvalue weighted by atomic mass is 32.2. The zero-order valence-electron chi connectivity index (χ0n) is 6.82. The van der Waals surface area contributed by atoms with Crippen LogP contribution in [-0.2, 0) is 0 Å². The van der Waals surface area contributed by atoms with Gasteiger partial charge in [0.05, 0.1) is 4.87 Å². The molecule has 0 saturated carbocycles. The summed E-state index contributed by atoms with van der Waals surface area (Å²) in [6.07, 6.45) is 3.33. The first-order chi connectivity index (χ1) is 4.18. The summed E-state index contributed by atoms with van der Waals surface area (Å²) in [5, 5.41) is 3.42. The fourth-order valence-electron chi connectivity index (χ4n) is 0.715. The van der Waals surface area contributed by atoms with Crippen molar-refractivity contribution in [3.05, 3.63) is 0 Å². The van der Waals surface area contributed by atoms with E-state index in [4.69, 9.17) is 0 Å². The molecule has 0 fully saturated rings. The molecule has 0 saturated heterocycles. The van der Waals surface area contributed by atoms with E-state index in [0.717, 1.165) is 6.54 Å². The highest BCUT2D eigenvalue weighted by Gasteiger charge is 2.17. The Morgan fingerprint density at radius 2 is 2.00 bits per heavy atom. The second-order valence-electron chi connectivity index (χ2n) is 2.32. The second-order valence-corrected chi connectivity index (χ2v) is 3.63. The van der Waals surface area contributed by atoms with Gasteiger partial charge in [-0.15, -0.1) is 11.8 Å². The molecule has 0 heterocycles. The molecule has 9 heavy (non-hydrogen) atoms. The maximum absolute atomic E-state index is 3.42. The van der Waals surface area contributed by atoms with E-state index in [1.165, 1.54) is 6.42 Å². The van der Waals surface area contributed by atoms with Gasteiger partial charge in [-0.3, -0.25) is 0 Å². The standard InChI is InChI=1S/C7H17NS/c1-5-7(3,9-4)8-6-2/h8H,5-6H2,1-4H3. The van der Waals surface area contributed by atoms with Crippen molar-refractivity contribution < 1.29 is 0 Å². The molecule has 0 aliphatic rings. The second kappa shape index (κ2) is 4.18. The van der Waals surface area contributed by atoms with Gasteiger partial charge in [0.15, 0.2) is 0 Å². The van der Waals surface area contributed by atoms with Crippen molar-refractivity contribution in [1.82, 2.24) is 5.32 Å². The third-order valence-electron chi connectivity index (χ3n) is 1.68. The molecular weight excluding hydrogens is 130 g/mol. The Bertz CT molecular complexity index is 69.3. The molecule has 0 aromatic heterocycles. The van der Waals surface area contributed by atoms with Crippen molar-refractivity contribution in [2.75, 3.05) is 12.8 Å². The molecule has 0 spiro atoms. The minimum Gasteiger partial charge on any atom is -0.303 e. The smallest absolute Gasteiger partial charge is 0.0611 e. The van der Waals surface area contributed by atoms with E-state index in [0.29, 0.717) is 4.87 Å². The molecule has 56 valence electrons. The zero-order valence-corrected chi connectivity index (χ0v) is 7.64. The van der Waals surface area contributed by atoms with Gasteiger partial charge in [0.2, 0.25) is 0 Å². The van der Waals surface area contributed by atoms with Gasteiger partial charge < -0.3 is 5.32 Å². The molecule has 2 heteroatoms. The Hall–Kier alpha value is 0.310. The summed E-state index contributed by atoms with van der Waals surface area (Å²) in [6, 6.07) is 0. The van der Waals surface area contributed by atoms with Crippen molar-refractivity contribution in [2.24, 2.45) is 0 Å². The van der Waals surface area contributed by atoms with Gasteiger partial charge in [-0.05, 0) is 26.1 Å². The van der Waals surface area contributed by atoms with Crippen LogP contribution in [0.2, 0.25) is 0 Å². The summed E-state index contributed by atoms with van der Waals surface area (Å²) in [7, 11) is 0. The average Bonchev–Trinajstić information content (AvgIpc) is 1.89. The van der Waals surface area contributed by atoms with Crippen molar-refractivity contribution in [3.63, 3.8) is 0 Å². The predicted octanol–water partition coefficient (Wildman–Crippen LogP) is 2.09. The monoisotopic (exact) mass is 147 g/mol. The summed E-state index contributed by atoms with van der Waals surface area (Å²) >= 11 is 1.89. The highest BCUT2D eigenvalue weighted by Crippen LogP contribution is 2.21. The fourth-order valence-corrected chi connectivity index (χ4v) is 1.29. The topological polar surface area (TPSA) is 12.0 Å². The van der Waals surface area contributed by atoms with E-state index >= 15 is 0 Å². The molecule has 0 rings (SSSR count). The Kier molecular flexibility index (Phi) is 4.32. The lowest BCUT2D eigenvalue weighted by Crippen LogP contribution is -2.37. The third kappa shape index (κ3) is 3.11. The molecule has 0 aromatic carbocycles. The molecule has 0 radical (unpaired) electrons. The number of rotatable bonds is 4. The molecule has 0 amide bonds. The van der Waals surface area contributed by atoms with Gasteiger partial charge in [0.25, 0.3) is 0 Å². The maximum Gasteiger partial charge on any atom is 0.0611 e. The number of hydrogen-bond acceptors (Lipinski definition) is 2. The van der Waals surface area contributed by atoms with Gasteiger partial charge >= 0.3 is 0 Å². The lowest BCUT2D eigenvalue weighted by molar-refractivity contribution is 0.504. The lowest BCUT2D eigenvalue weighted by atomic mass is 10.2. The molecule has 0 bridgehead atoms. The van der Waals surface area contributed by atoms with Crippen LogP contribution in [0.25, 0.3) is 0 Å². The van der Waals surface area contributed by atoms with E-state index in [2.05, 4.69) is 32.3 Å². The van der Waals surface area contributed by atoms with E-state index in [1.807, 2.05) is 11.8 Å². The van der Waals surface area contributed by atoms with Crippen LogP contribution in [0.15, 0.2) is 0 Å². The van der Waals surface area contributed by atoms with Crippen LogP contribution in [0.1, 0.15) is 27.2 Å². The van der Waals surface area contributed by atoms with E-state index in [-0.39, 0.29) is 0 Å². The van der Waals surface area contributed by atoms with Crippen LogP contribution in [0.3, 0.4) is 0 Å². The Morgan fingerprint density at radius 1 is 1.44 bits per heavy atom. The largest absolute Gasteiger partial charge is 0.303 e. The number of hydrogen-bond donors (Lipinski definition) is 1. The van der Waals surface area contributed by atoms with Crippen LogP contribution in [0, 0.1) is 0 Å². The van der Waals surface area contributed by atoms with E-state index in [1.54, 1.807) is 0 Å². The van der Waals surface area contributed by atoms with Crippen molar-refractivity contribution in [2.45, 2.75) is 32.1 Å². The summed E-state index contributed by atoms with van der Waals surface area (Å²) in [6.45, 7) is 7.65. The molecule has 1 nitrogen and oxygen atoms in total. The third-order valence-corrected chi connectivity index (χ3v) is 3.01. The van der Waals surface area contributed by atoms with E-state index in [9.17, 15) is 0 Å². The van der Waals surface area contributed by atoms with Gasteiger partial charge in [-0.2, -0.15) is 0 Å². The average molecular weight is 147 g/mol. The molecule has 0 aliphatic carbocycles. The Morgan fingerprint density at radius 3 is 2.11 bits per heavy atom. The molecular formula is C7H17NS. The first-order valence-corrected chi connectivity index (χ1v) is 4.71. The Balaban J connectivity index is 3.62. The van der Waals surface area contributed by atoms with Gasteiger partial charge in [0.1, 0.15) is 0 Å². The van der Waals surface area contributed by atoms with Crippen molar-refractivity contribution in [3.8, 4) is 0 Å². The summed E-state index contributed by atoms with van der Waals surface area (Å²) < 4.78 is 0. The van der Waals surface area contributed by atoms with Crippen LogP contribution >= 0.6 is 11.8 Å². The summed E-state index contributed by atoms with van der Waals surface area (Å²) in [4.78, 5) is 0.300. The molecule has 1 N–H and O–H groups in total. The quantitative estimate of drug-likeness (QED) is 0.611. The SMILES string of the molecule is CCNC(C)(CC)SC. The summed E-state index contributed by atoms with van der Waals surface area (Å²) in [5.41, 5.74) is 0.